The Morgan fingerprint density at radius 2 is 2.13 bits per heavy atom. The fraction of sp³-hybridized carbons (Fsp3) is 0.750. The monoisotopic (exact) mass is 217 g/mol. The van der Waals surface area contributed by atoms with Crippen LogP contribution in [0.3, 0.4) is 0 Å². The summed E-state index contributed by atoms with van der Waals surface area (Å²) >= 11 is 0. The molecule has 88 valence electrons. The minimum atomic E-state index is -0.422. The van der Waals surface area contributed by atoms with Crippen molar-refractivity contribution in [3.05, 3.63) is 0 Å². The van der Waals surface area contributed by atoms with Crippen molar-refractivity contribution in [3.8, 4) is 0 Å². The van der Waals surface area contributed by atoms with Crippen molar-refractivity contribution < 1.29 is 9.90 Å². The van der Waals surface area contributed by atoms with Crippen LogP contribution in [0.4, 0.5) is 0 Å². The van der Waals surface area contributed by atoms with Gasteiger partial charge < -0.3 is 22.3 Å². The fourth-order valence-electron chi connectivity index (χ4n) is 1.13. The Balaban J connectivity index is 3.86. The topological polar surface area (TPSA) is 140 Å². The summed E-state index contributed by atoms with van der Waals surface area (Å²) in [6.45, 7) is 0.169. The molecule has 0 aromatic rings. The zero-order valence-corrected chi connectivity index (χ0v) is 8.65. The highest BCUT2D eigenvalue weighted by molar-refractivity contribution is 5.85. The molecule has 0 spiro atoms. The lowest BCUT2D eigenvalue weighted by atomic mass is 10.1. The van der Waals surface area contributed by atoms with Crippen LogP contribution >= 0.6 is 0 Å². The first-order valence-electron chi connectivity index (χ1n) is 4.74. The van der Waals surface area contributed by atoms with E-state index >= 15 is 0 Å². The van der Waals surface area contributed by atoms with Crippen molar-refractivity contribution in [2.75, 3.05) is 19.8 Å². The standard InChI is InChI=1S/C8H19N5O2/c9-4-7(15)6(13-5-14)2-1-3-12-8(10)11/h6,13-14H,1-5,9H2,(H4,10,11,12). The van der Waals surface area contributed by atoms with Crippen molar-refractivity contribution >= 4 is 11.7 Å². The molecule has 0 saturated heterocycles. The third-order valence-electron chi connectivity index (χ3n) is 1.87. The molecule has 7 heteroatoms. The SMILES string of the molecule is NCC(=O)C(CCCN=C(N)N)NCO. The van der Waals surface area contributed by atoms with Gasteiger partial charge in [-0.2, -0.15) is 0 Å². The molecule has 1 unspecified atom stereocenters. The van der Waals surface area contributed by atoms with Gasteiger partial charge in [-0.15, -0.1) is 0 Å². The van der Waals surface area contributed by atoms with Crippen molar-refractivity contribution in [2.45, 2.75) is 18.9 Å². The average molecular weight is 217 g/mol. The molecule has 0 aliphatic heterocycles. The number of ketones is 1. The zero-order chi connectivity index (χ0) is 11.7. The number of nitrogens with two attached hydrogens (primary N) is 3. The Morgan fingerprint density at radius 3 is 2.60 bits per heavy atom. The van der Waals surface area contributed by atoms with Gasteiger partial charge in [0.1, 0.15) is 0 Å². The van der Waals surface area contributed by atoms with Gasteiger partial charge in [-0.05, 0) is 12.8 Å². The molecule has 0 rings (SSSR count). The fourth-order valence-corrected chi connectivity index (χ4v) is 1.13. The number of Topliss-reactive ketones (excluding diaryl/α,β-unsaturated/α-hetero) is 1. The summed E-state index contributed by atoms with van der Waals surface area (Å²) < 4.78 is 0. The van der Waals surface area contributed by atoms with E-state index in [2.05, 4.69) is 10.3 Å². The van der Waals surface area contributed by atoms with E-state index in [1.54, 1.807) is 0 Å². The summed E-state index contributed by atoms with van der Waals surface area (Å²) in [5.41, 5.74) is 15.5. The van der Waals surface area contributed by atoms with E-state index in [1.807, 2.05) is 0 Å². The maximum absolute atomic E-state index is 11.2. The quantitative estimate of drug-likeness (QED) is 0.131. The summed E-state index contributed by atoms with van der Waals surface area (Å²) in [4.78, 5) is 15.0. The number of carbonyl (C=O) groups excluding carboxylic acids is 1. The van der Waals surface area contributed by atoms with Gasteiger partial charge in [0.2, 0.25) is 0 Å². The summed E-state index contributed by atoms with van der Waals surface area (Å²) in [6.07, 6.45) is 1.20. The van der Waals surface area contributed by atoms with E-state index in [9.17, 15) is 4.79 Å². The number of aliphatic imine (C=N–C) groups is 1. The lowest BCUT2D eigenvalue weighted by Gasteiger charge is -2.14. The highest BCUT2D eigenvalue weighted by Gasteiger charge is 2.14. The van der Waals surface area contributed by atoms with Crippen LogP contribution in [-0.4, -0.2) is 42.7 Å². The number of hydrogen-bond acceptors (Lipinski definition) is 5. The van der Waals surface area contributed by atoms with E-state index in [0.29, 0.717) is 19.4 Å². The Bertz CT molecular complexity index is 215. The van der Waals surface area contributed by atoms with Gasteiger partial charge in [0.05, 0.1) is 19.3 Å². The van der Waals surface area contributed by atoms with Gasteiger partial charge in [-0.25, -0.2) is 0 Å². The second kappa shape index (κ2) is 8.16. The van der Waals surface area contributed by atoms with Gasteiger partial charge in [0, 0.05) is 6.54 Å². The van der Waals surface area contributed by atoms with Crippen LogP contribution in [-0.2, 0) is 4.79 Å². The number of carbonyl (C=O) groups is 1. The average Bonchev–Trinajstić information content (AvgIpc) is 2.21. The van der Waals surface area contributed by atoms with E-state index in [1.165, 1.54) is 0 Å². The minimum absolute atomic E-state index is 0.0341. The van der Waals surface area contributed by atoms with E-state index in [0.717, 1.165) is 0 Å². The molecule has 15 heavy (non-hydrogen) atoms. The largest absolute Gasteiger partial charge is 0.381 e. The van der Waals surface area contributed by atoms with Gasteiger partial charge in [-0.1, -0.05) is 0 Å². The summed E-state index contributed by atoms with van der Waals surface area (Å²) in [6, 6.07) is -0.422. The highest BCUT2D eigenvalue weighted by atomic mass is 16.3. The van der Waals surface area contributed by atoms with Crippen LogP contribution in [0, 0.1) is 0 Å². The van der Waals surface area contributed by atoms with Crippen LogP contribution < -0.4 is 22.5 Å². The molecule has 0 saturated carbocycles. The predicted molar refractivity (Wildman–Crippen MR) is 58.0 cm³/mol. The number of rotatable bonds is 8. The Morgan fingerprint density at radius 1 is 1.47 bits per heavy atom. The Labute approximate surface area is 88.7 Å². The first kappa shape index (κ1) is 13.8. The van der Waals surface area contributed by atoms with Gasteiger partial charge in [-0.3, -0.25) is 15.1 Å². The number of nitrogens with zero attached hydrogens (tertiary/aromatic N) is 1. The number of nitrogens with one attached hydrogen (secondary N) is 1. The summed E-state index contributed by atoms with van der Waals surface area (Å²) in [5, 5.41) is 11.3. The second-order valence-corrected chi connectivity index (χ2v) is 3.03. The van der Waals surface area contributed by atoms with Gasteiger partial charge >= 0.3 is 0 Å². The van der Waals surface area contributed by atoms with E-state index in [-0.39, 0.29) is 25.0 Å². The molecule has 0 fully saturated rings. The van der Waals surface area contributed by atoms with Crippen molar-refractivity contribution in [2.24, 2.45) is 22.2 Å². The molecule has 7 nitrogen and oxygen atoms in total. The highest BCUT2D eigenvalue weighted by Crippen LogP contribution is 1.98. The van der Waals surface area contributed by atoms with Crippen LogP contribution in [0.25, 0.3) is 0 Å². The van der Waals surface area contributed by atoms with Crippen LogP contribution in [0.2, 0.25) is 0 Å². The molecule has 0 aliphatic carbocycles. The Hall–Kier alpha value is -1.18. The first-order valence-corrected chi connectivity index (χ1v) is 4.74. The number of guanidine groups is 1. The molecule has 0 bridgehead atoms. The normalized spacial score (nSPS) is 12.1. The number of aliphatic hydroxyl groups excluding tert-OH is 1. The molecule has 0 aromatic heterocycles. The summed E-state index contributed by atoms with van der Waals surface area (Å²) in [5.74, 6) is -0.0967. The predicted octanol–water partition coefficient (Wildman–Crippen LogP) is -2.52. The van der Waals surface area contributed by atoms with Crippen molar-refractivity contribution in [1.82, 2.24) is 5.32 Å². The molecule has 0 amide bonds. The number of hydrogen-bond donors (Lipinski definition) is 5. The van der Waals surface area contributed by atoms with E-state index in [4.69, 9.17) is 22.3 Å². The summed E-state index contributed by atoms with van der Waals surface area (Å²) in [7, 11) is 0. The molecule has 1 atom stereocenters. The van der Waals surface area contributed by atoms with Crippen LogP contribution in [0.15, 0.2) is 4.99 Å². The smallest absolute Gasteiger partial charge is 0.185 e. The maximum atomic E-state index is 11.2. The number of aliphatic hydroxyl groups is 1. The van der Waals surface area contributed by atoms with Gasteiger partial charge in [0.15, 0.2) is 11.7 Å². The molecule has 0 aromatic carbocycles. The molecule has 0 heterocycles. The molecule has 8 N–H and O–H groups in total. The molecular formula is C8H19N5O2. The minimum Gasteiger partial charge on any atom is -0.381 e. The second-order valence-electron chi connectivity index (χ2n) is 3.03. The lowest BCUT2D eigenvalue weighted by molar-refractivity contribution is -0.120. The van der Waals surface area contributed by atoms with Crippen LogP contribution in [0.1, 0.15) is 12.8 Å². The van der Waals surface area contributed by atoms with Gasteiger partial charge in [0.25, 0.3) is 0 Å². The first-order chi connectivity index (χ1) is 7.11. The van der Waals surface area contributed by atoms with Crippen LogP contribution in [0.5, 0.6) is 0 Å². The zero-order valence-electron chi connectivity index (χ0n) is 8.65. The van der Waals surface area contributed by atoms with Crippen molar-refractivity contribution in [1.29, 1.82) is 0 Å². The molecular weight excluding hydrogens is 198 g/mol. The van der Waals surface area contributed by atoms with Crippen molar-refractivity contribution in [3.63, 3.8) is 0 Å². The maximum Gasteiger partial charge on any atom is 0.185 e. The lowest BCUT2D eigenvalue weighted by Crippen LogP contribution is -2.40. The third-order valence-corrected chi connectivity index (χ3v) is 1.87. The van der Waals surface area contributed by atoms with E-state index < -0.39 is 6.04 Å². The Kier molecular flexibility index (Phi) is 7.51. The third kappa shape index (κ3) is 6.83. The molecule has 0 radical (unpaired) electrons. The molecule has 0 aliphatic rings.